The number of benzene rings is 3. The highest BCUT2D eigenvalue weighted by molar-refractivity contribution is 6.31. The van der Waals surface area contributed by atoms with Crippen LogP contribution in [0.25, 0.3) is 33.6 Å². The van der Waals surface area contributed by atoms with Crippen molar-refractivity contribution in [2.45, 2.75) is 38.0 Å². The number of hydrogen-bond donors (Lipinski definition) is 1. The van der Waals surface area contributed by atoms with E-state index in [-0.39, 0.29) is 24.2 Å². The van der Waals surface area contributed by atoms with Gasteiger partial charge in [-0.1, -0.05) is 54.4 Å². The zero-order valence-electron chi connectivity index (χ0n) is 24.1. The molecule has 1 atom stereocenters. The monoisotopic (exact) mass is 607 g/mol. The minimum Gasteiger partial charge on any atom is -0.618 e. The van der Waals surface area contributed by atoms with E-state index < -0.39 is 0 Å². The molecular formula is C35H30ClN3O5. The average molecular weight is 608 g/mol. The first-order valence-corrected chi connectivity index (χ1v) is 14.8. The number of hydrogen-bond acceptors (Lipinski definition) is 6. The molecule has 3 aromatic carbocycles. The van der Waals surface area contributed by atoms with E-state index in [0.717, 1.165) is 44.5 Å². The van der Waals surface area contributed by atoms with Crippen LogP contribution in [0.3, 0.4) is 0 Å². The lowest BCUT2D eigenvalue weighted by Gasteiger charge is -2.20. The minimum atomic E-state index is -0.351. The number of fused-ring (bicyclic) bond motifs is 4. The highest BCUT2D eigenvalue weighted by Gasteiger charge is 2.25. The third kappa shape index (κ3) is 6.21. The van der Waals surface area contributed by atoms with Crippen LogP contribution in [-0.2, 0) is 20.7 Å². The van der Waals surface area contributed by atoms with Crippen molar-refractivity contribution in [2.75, 3.05) is 12.4 Å². The van der Waals surface area contributed by atoms with E-state index in [1.807, 2.05) is 60.7 Å². The molecule has 0 fully saturated rings. The molecule has 0 saturated heterocycles. The van der Waals surface area contributed by atoms with Crippen LogP contribution in [0.15, 0.2) is 96.0 Å². The Morgan fingerprint density at radius 3 is 2.70 bits per heavy atom. The first-order valence-electron chi connectivity index (χ1n) is 14.4. The van der Waals surface area contributed by atoms with Crippen LogP contribution in [0, 0.1) is 5.21 Å². The number of carbonyl (C=O) groups excluding carboxylic acids is 2. The van der Waals surface area contributed by atoms with Crippen molar-refractivity contribution in [3.8, 4) is 33.6 Å². The Hall–Kier alpha value is -4.95. The number of oxazole rings is 1. The van der Waals surface area contributed by atoms with E-state index in [0.29, 0.717) is 47.0 Å². The van der Waals surface area contributed by atoms with Crippen molar-refractivity contribution in [1.82, 2.24) is 4.98 Å². The van der Waals surface area contributed by atoms with Gasteiger partial charge in [-0.2, -0.15) is 4.73 Å². The summed E-state index contributed by atoms with van der Waals surface area (Å²) in [5.74, 6) is -0.0620. The van der Waals surface area contributed by atoms with Crippen LogP contribution >= 0.6 is 11.6 Å². The third-order valence-corrected chi connectivity index (χ3v) is 8.21. The van der Waals surface area contributed by atoms with E-state index in [1.54, 1.807) is 18.5 Å². The highest BCUT2D eigenvalue weighted by atomic mass is 35.5. The lowest BCUT2D eigenvalue weighted by Crippen LogP contribution is -2.33. The summed E-state index contributed by atoms with van der Waals surface area (Å²) >= 11 is 6.35. The van der Waals surface area contributed by atoms with Gasteiger partial charge in [0.15, 0.2) is 24.0 Å². The molecule has 1 unspecified atom stereocenters. The standard InChI is InChI=1S/C35H30ClN3O5/c1-43-35(41)16-22-9-12-27-23-5-4-6-24(17-23)28(7-2-3-8-34(40)38-31(27)15-22)32-14-10-25(20-39(32)42)30-18-26(36)11-13-29(30)33-19-37-21-44-33/h4-6,9-15,17-21,28H,2-3,7-8,16H2,1H3,(H,38,40). The van der Waals surface area contributed by atoms with Crippen molar-refractivity contribution in [3.63, 3.8) is 0 Å². The fourth-order valence-corrected chi connectivity index (χ4v) is 5.96. The molecule has 1 amide bonds. The number of carbonyl (C=O) groups is 2. The number of nitrogens with zero attached hydrogens (tertiary/aromatic N) is 2. The second kappa shape index (κ2) is 12.7. The van der Waals surface area contributed by atoms with E-state index in [1.165, 1.54) is 13.5 Å². The van der Waals surface area contributed by atoms with E-state index in [4.69, 9.17) is 20.8 Å². The maximum Gasteiger partial charge on any atom is 0.309 e. The van der Waals surface area contributed by atoms with E-state index in [2.05, 4.69) is 16.4 Å². The molecule has 2 aromatic heterocycles. The smallest absolute Gasteiger partial charge is 0.309 e. The molecule has 1 aliphatic rings. The summed E-state index contributed by atoms with van der Waals surface area (Å²) in [4.78, 5) is 28.8. The lowest BCUT2D eigenvalue weighted by molar-refractivity contribution is -0.614. The Labute approximate surface area is 259 Å². The largest absolute Gasteiger partial charge is 0.618 e. The summed E-state index contributed by atoms with van der Waals surface area (Å²) in [5.41, 5.74) is 6.98. The maximum absolute atomic E-state index is 13.7. The summed E-state index contributed by atoms with van der Waals surface area (Å²) < 4.78 is 11.3. The van der Waals surface area contributed by atoms with Gasteiger partial charge in [-0.3, -0.25) is 9.59 Å². The SMILES string of the molecule is COC(=O)Cc1ccc2c(c1)NC(=O)CCCCC(c1ccc(-c3cc(Cl)ccc3-c3cnco3)c[n+]1[O-])c1cccc-2c1. The molecule has 1 N–H and O–H groups in total. The second-order valence-electron chi connectivity index (χ2n) is 10.8. The predicted octanol–water partition coefficient (Wildman–Crippen LogP) is 7.32. The molecule has 222 valence electrons. The van der Waals surface area contributed by atoms with Crippen molar-refractivity contribution in [3.05, 3.63) is 119 Å². The summed E-state index contributed by atoms with van der Waals surface area (Å²) in [7, 11) is 1.35. The molecule has 0 saturated carbocycles. The molecule has 9 heteroatoms. The quantitative estimate of drug-likeness (QED) is 0.127. The normalized spacial score (nSPS) is 15.0. The Morgan fingerprint density at radius 2 is 1.91 bits per heavy atom. The molecule has 8 nitrogen and oxygen atoms in total. The highest BCUT2D eigenvalue weighted by Crippen LogP contribution is 2.37. The maximum atomic E-state index is 13.7. The third-order valence-electron chi connectivity index (χ3n) is 7.97. The number of nitrogens with one attached hydrogen (secondary N) is 1. The van der Waals surface area contributed by atoms with Crippen LogP contribution in [0.4, 0.5) is 5.69 Å². The summed E-state index contributed by atoms with van der Waals surface area (Å²) in [6.07, 6.45) is 7.14. The number of methoxy groups -OCH3 is 1. The van der Waals surface area contributed by atoms with Crippen molar-refractivity contribution in [2.24, 2.45) is 0 Å². The second-order valence-corrected chi connectivity index (χ2v) is 11.3. The van der Waals surface area contributed by atoms with Gasteiger partial charge in [0.1, 0.15) is 0 Å². The van der Waals surface area contributed by atoms with Crippen LogP contribution in [0.2, 0.25) is 5.02 Å². The number of ether oxygens (including phenoxy) is 1. The first kappa shape index (κ1) is 29.1. The average Bonchev–Trinajstić information content (AvgIpc) is 3.56. The predicted molar refractivity (Wildman–Crippen MR) is 168 cm³/mol. The van der Waals surface area contributed by atoms with Crippen molar-refractivity contribution in [1.29, 1.82) is 0 Å². The lowest BCUT2D eigenvalue weighted by atomic mass is 9.87. The first-order chi connectivity index (χ1) is 21.4. The summed E-state index contributed by atoms with van der Waals surface area (Å²) in [5, 5.41) is 17.3. The van der Waals surface area contributed by atoms with Crippen LogP contribution in [0.1, 0.15) is 48.4 Å². The number of esters is 1. The molecule has 3 heterocycles. The fraction of sp³-hybridized carbons (Fsp3) is 0.200. The Morgan fingerprint density at radius 1 is 1.05 bits per heavy atom. The molecule has 1 aliphatic heterocycles. The topological polar surface area (TPSA) is 108 Å². The summed E-state index contributed by atoms with van der Waals surface area (Å²) in [6.45, 7) is 0. The fourth-order valence-electron chi connectivity index (χ4n) is 5.79. The van der Waals surface area contributed by atoms with Crippen molar-refractivity contribution >= 4 is 29.2 Å². The number of amides is 1. The number of aromatic nitrogens is 2. The number of anilines is 1. The molecule has 0 aliphatic carbocycles. The zero-order chi connectivity index (χ0) is 30.6. The van der Waals surface area contributed by atoms with Gasteiger partial charge < -0.3 is 19.7 Å². The molecular weight excluding hydrogens is 578 g/mol. The molecule has 44 heavy (non-hydrogen) atoms. The van der Waals surface area contributed by atoms with Gasteiger partial charge in [0.2, 0.25) is 5.91 Å². The van der Waals surface area contributed by atoms with Gasteiger partial charge >= 0.3 is 5.97 Å². The van der Waals surface area contributed by atoms with Gasteiger partial charge in [-0.05, 0) is 59.9 Å². The van der Waals surface area contributed by atoms with E-state index in [9.17, 15) is 14.8 Å². The van der Waals surface area contributed by atoms with Gasteiger partial charge in [0.25, 0.3) is 0 Å². The molecule has 0 spiro atoms. The molecule has 0 radical (unpaired) electrons. The van der Waals surface area contributed by atoms with Crippen LogP contribution in [0.5, 0.6) is 0 Å². The Bertz CT molecular complexity index is 1840. The summed E-state index contributed by atoms with van der Waals surface area (Å²) in [6, 6.07) is 22.9. The molecule has 6 rings (SSSR count). The van der Waals surface area contributed by atoms with Gasteiger partial charge in [0.05, 0.1) is 25.6 Å². The van der Waals surface area contributed by atoms with Gasteiger partial charge in [-0.25, -0.2) is 4.98 Å². The molecule has 2 bridgehead atoms. The zero-order valence-corrected chi connectivity index (χ0v) is 24.8. The Kier molecular flexibility index (Phi) is 8.43. The van der Waals surface area contributed by atoms with Crippen LogP contribution < -0.4 is 10.0 Å². The van der Waals surface area contributed by atoms with Gasteiger partial charge in [-0.15, -0.1) is 0 Å². The Balaban J connectivity index is 1.40. The van der Waals surface area contributed by atoms with Gasteiger partial charge in [0, 0.05) is 45.5 Å². The molecule has 5 aromatic rings. The van der Waals surface area contributed by atoms with Crippen molar-refractivity contribution < 1.29 is 23.5 Å². The minimum absolute atomic E-state index is 0.0953. The number of rotatable bonds is 5. The van der Waals surface area contributed by atoms with E-state index >= 15 is 0 Å². The van der Waals surface area contributed by atoms with Crippen LogP contribution in [-0.4, -0.2) is 24.0 Å². The number of pyridine rings is 1. The number of halogens is 1.